The lowest BCUT2D eigenvalue weighted by molar-refractivity contribution is -0.637. The second kappa shape index (κ2) is 8.56. The van der Waals surface area contributed by atoms with Crippen LogP contribution in [0, 0.1) is 10.1 Å². The second-order valence-corrected chi connectivity index (χ2v) is 5.47. The number of hydrogen-bond donors (Lipinski definition) is 1. The van der Waals surface area contributed by atoms with Crippen LogP contribution in [0.25, 0.3) is 0 Å². The molecule has 0 saturated carbocycles. The summed E-state index contributed by atoms with van der Waals surface area (Å²) in [6.45, 7) is 0. The SMILES string of the molecule is COC(=O)[C@H](Cc1ccccc1)N(C(=O)c1ccccc1C(=O)O)[N+](=O)[O-]. The molecule has 1 atom stereocenters. The Morgan fingerprint density at radius 2 is 1.63 bits per heavy atom. The first-order valence-electron chi connectivity index (χ1n) is 7.78. The summed E-state index contributed by atoms with van der Waals surface area (Å²) in [6.07, 6.45) is -0.171. The molecule has 140 valence electrons. The van der Waals surface area contributed by atoms with E-state index in [1.807, 2.05) is 0 Å². The van der Waals surface area contributed by atoms with E-state index in [4.69, 9.17) is 0 Å². The first-order chi connectivity index (χ1) is 12.9. The minimum Gasteiger partial charge on any atom is -0.478 e. The summed E-state index contributed by atoms with van der Waals surface area (Å²) in [6, 6.07) is 11.9. The van der Waals surface area contributed by atoms with Crippen molar-refractivity contribution >= 4 is 17.8 Å². The van der Waals surface area contributed by atoms with E-state index in [2.05, 4.69) is 4.74 Å². The van der Waals surface area contributed by atoms with Gasteiger partial charge in [0.25, 0.3) is 0 Å². The molecular weight excluding hydrogens is 356 g/mol. The normalized spacial score (nSPS) is 11.3. The van der Waals surface area contributed by atoms with Gasteiger partial charge in [-0.3, -0.25) is 4.79 Å². The molecule has 0 saturated heterocycles. The molecular formula is C18H16N2O7. The van der Waals surface area contributed by atoms with Crippen LogP contribution in [0.15, 0.2) is 54.6 Å². The minimum absolute atomic E-state index is 0.112. The van der Waals surface area contributed by atoms with Crippen LogP contribution in [0.1, 0.15) is 26.3 Å². The molecule has 2 aromatic carbocycles. The summed E-state index contributed by atoms with van der Waals surface area (Å²) in [7, 11) is 1.05. The van der Waals surface area contributed by atoms with Crippen LogP contribution in [0.3, 0.4) is 0 Å². The number of esters is 1. The van der Waals surface area contributed by atoms with E-state index in [1.54, 1.807) is 30.3 Å². The summed E-state index contributed by atoms with van der Waals surface area (Å²) >= 11 is 0. The van der Waals surface area contributed by atoms with Crippen molar-refractivity contribution in [1.82, 2.24) is 5.01 Å². The maximum atomic E-state index is 12.8. The van der Waals surface area contributed by atoms with E-state index < -0.39 is 40.0 Å². The molecule has 0 heterocycles. The number of benzene rings is 2. The number of aromatic carboxylic acids is 1. The third-order valence-electron chi connectivity index (χ3n) is 3.81. The zero-order valence-corrected chi connectivity index (χ0v) is 14.3. The van der Waals surface area contributed by atoms with Crippen molar-refractivity contribution in [3.63, 3.8) is 0 Å². The van der Waals surface area contributed by atoms with Gasteiger partial charge in [-0.1, -0.05) is 42.5 Å². The van der Waals surface area contributed by atoms with Crippen LogP contribution in [0.5, 0.6) is 0 Å². The summed E-state index contributed by atoms with van der Waals surface area (Å²) in [5.74, 6) is -3.62. The molecule has 1 N–H and O–H groups in total. The van der Waals surface area contributed by atoms with Gasteiger partial charge in [0, 0.05) is 6.42 Å². The van der Waals surface area contributed by atoms with Crippen LogP contribution in [0.4, 0.5) is 0 Å². The van der Waals surface area contributed by atoms with E-state index in [0.29, 0.717) is 5.56 Å². The number of carboxylic acid groups (broad SMARTS) is 1. The Kier molecular flexibility index (Phi) is 6.21. The van der Waals surface area contributed by atoms with Gasteiger partial charge >= 0.3 is 17.8 Å². The van der Waals surface area contributed by atoms with E-state index >= 15 is 0 Å². The molecule has 2 rings (SSSR count). The average Bonchev–Trinajstić information content (AvgIpc) is 2.67. The molecule has 0 aromatic heterocycles. The Hall–Kier alpha value is -3.75. The van der Waals surface area contributed by atoms with Crippen LogP contribution in [-0.4, -0.2) is 46.1 Å². The highest BCUT2D eigenvalue weighted by atomic mass is 16.7. The molecule has 0 unspecified atom stereocenters. The predicted molar refractivity (Wildman–Crippen MR) is 92.5 cm³/mol. The minimum atomic E-state index is -1.57. The number of amides is 1. The topological polar surface area (TPSA) is 127 Å². The van der Waals surface area contributed by atoms with Crippen LogP contribution in [0.2, 0.25) is 0 Å². The molecule has 0 spiro atoms. The summed E-state index contributed by atoms with van der Waals surface area (Å²) < 4.78 is 4.63. The van der Waals surface area contributed by atoms with E-state index in [1.165, 1.54) is 12.1 Å². The number of ether oxygens (including phenoxy) is 1. The van der Waals surface area contributed by atoms with Crippen LogP contribution in [-0.2, 0) is 16.0 Å². The van der Waals surface area contributed by atoms with Crippen molar-refractivity contribution in [2.45, 2.75) is 12.5 Å². The van der Waals surface area contributed by atoms with Crippen LogP contribution < -0.4 is 0 Å². The van der Waals surface area contributed by atoms with E-state index in [0.717, 1.165) is 19.2 Å². The van der Waals surface area contributed by atoms with Gasteiger partial charge in [0.15, 0.2) is 11.1 Å². The fraction of sp³-hybridized carbons (Fsp3) is 0.167. The van der Waals surface area contributed by atoms with Crippen molar-refractivity contribution in [2.75, 3.05) is 7.11 Å². The number of hydrazine groups is 1. The zero-order valence-electron chi connectivity index (χ0n) is 14.3. The van der Waals surface area contributed by atoms with Gasteiger partial charge in [0.2, 0.25) is 0 Å². The summed E-state index contributed by atoms with van der Waals surface area (Å²) in [4.78, 5) is 47.9. The smallest absolute Gasteiger partial charge is 0.336 e. The summed E-state index contributed by atoms with van der Waals surface area (Å²) in [5, 5.41) is 19.9. The fourth-order valence-corrected chi connectivity index (χ4v) is 2.55. The first kappa shape index (κ1) is 19.6. The molecule has 0 fully saturated rings. The number of nitro groups is 1. The number of carbonyl (C=O) groups excluding carboxylic acids is 2. The van der Waals surface area contributed by atoms with Crippen molar-refractivity contribution in [1.29, 1.82) is 0 Å². The average molecular weight is 372 g/mol. The molecule has 1 amide bonds. The van der Waals surface area contributed by atoms with E-state index in [9.17, 15) is 29.6 Å². The fourth-order valence-electron chi connectivity index (χ4n) is 2.55. The third-order valence-corrected chi connectivity index (χ3v) is 3.81. The van der Waals surface area contributed by atoms with Gasteiger partial charge in [-0.25, -0.2) is 19.7 Å². The molecule has 0 bridgehead atoms. The van der Waals surface area contributed by atoms with Crippen molar-refractivity contribution in [3.8, 4) is 0 Å². The number of rotatable bonds is 7. The number of hydrogen-bond acceptors (Lipinski definition) is 6. The number of nitrogens with zero attached hydrogens (tertiary/aromatic N) is 2. The van der Waals surface area contributed by atoms with Crippen LogP contribution >= 0.6 is 0 Å². The molecule has 0 aliphatic rings. The standard InChI is InChI=1S/C18H16N2O7/c1-27-18(24)15(11-12-7-3-2-4-8-12)19(20(25)26)16(21)13-9-5-6-10-14(13)17(22)23/h2-10,15H,11H2,1H3,(H,22,23)/t15-/m0/s1. The molecule has 0 aliphatic carbocycles. The van der Waals surface area contributed by atoms with Gasteiger partial charge in [0.1, 0.15) is 0 Å². The Balaban J connectivity index is 2.49. The van der Waals surface area contributed by atoms with Gasteiger partial charge in [-0.15, -0.1) is 0 Å². The molecule has 9 heteroatoms. The van der Waals surface area contributed by atoms with Crippen molar-refractivity contribution in [2.24, 2.45) is 0 Å². The van der Waals surface area contributed by atoms with Gasteiger partial charge in [0.05, 0.1) is 18.2 Å². The number of methoxy groups -OCH3 is 1. The maximum absolute atomic E-state index is 12.8. The Morgan fingerprint density at radius 1 is 1.07 bits per heavy atom. The first-order valence-corrected chi connectivity index (χ1v) is 7.78. The third kappa shape index (κ3) is 4.46. The Morgan fingerprint density at radius 3 is 2.15 bits per heavy atom. The monoisotopic (exact) mass is 372 g/mol. The molecule has 0 aliphatic heterocycles. The maximum Gasteiger partial charge on any atom is 0.336 e. The molecule has 27 heavy (non-hydrogen) atoms. The molecule has 2 aromatic rings. The highest BCUT2D eigenvalue weighted by Crippen LogP contribution is 2.18. The lowest BCUT2D eigenvalue weighted by Crippen LogP contribution is -2.50. The summed E-state index contributed by atoms with van der Waals surface area (Å²) in [5.41, 5.74) is -0.236. The largest absolute Gasteiger partial charge is 0.478 e. The van der Waals surface area contributed by atoms with Gasteiger partial charge < -0.3 is 9.84 Å². The quantitative estimate of drug-likeness (QED) is 0.446. The van der Waals surface area contributed by atoms with E-state index in [-0.39, 0.29) is 11.4 Å². The highest BCUT2D eigenvalue weighted by Gasteiger charge is 2.41. The van der Waals surface area contributed by atoms with Crippen molar-refractivity contribution in [3.05, 3.63) is 81.4 Å². The zero-order chi connectivity index (χ0) is 20.0. The lowest BCUT2D eigenvalue weighted by atomic mass is 10.0. The van der Waals surface area contributed by atoms with Crippen molar-refractivity contribution < 1.29 is 29.3 Å². The highest BCUT2D eigenvalue weighted by molar-refractivity contribution is 6.05. The predicted octanol–water partition coefficient (Wildman–Crippen LogP) is 1.80. The Bertz CT molecular complexity index is 867. The lowest BCUT2D eigenvalue weighted by Gasteiger charge is -2.21. The van der Waals surface area contributed by atoms with Gasteiger partial charge in [-0.05, 0) is 22.7 Å². The number of carboxylic acids is 1. The van der Waals surface area contributed by atoms with Gasteiger partial charge in [-0.2, -0.15) is 0 Å². The molecule has 0 radical (unpaired) electrons. The number of carbonyl (C=O) groups is 3. The molecule has 9 nitrogen and oxygen atoms in total. The Labute approximate surface area is 153 Å². The second-order valence-electron chi connectivity index (χ2n) is 5.47.